The van der Waals surface area contributed by atoms with Gasteiger partial charge in [-0.1, -0.05) is 64.5 Å². The molecule has 0 aromatic carbocycles. The van der Waals surface area contributed by atoms with Crippen LogP contribution in [0.1, 0.15) is 151 Å². The highest BCUT2D eigenvalue weighted by atomic mass is 16.5. The molecule has 11 unspecified atom stereocenters. The number of cyclic esters (lactones) is 2. The Morgan fingerprint density at radius 1 is 0.851 bits per heavy atom. The number of rotatable bonds is 24. The van der Waals surface area contributed by atoms with Crippen LogP contribution in [0.2, 0.25) is 0 Å². The maximum absolute atomic E-state index is 13.3. The number of aliphatic carboxylic acids is 4. The standard InChI is InChI=1S/C50H78O17/c1-30(14-16-36(7)66-45(56)26-38(49(61)62)24-43(53)54)12-10-8-9-11-13-41-18-15-33(4)47(58)34(5)21-31(2)20-32(3)22-37(17-19-42(52)40(28-51)23-35(6)48(59)60)29-65-44(55)25-39(50(63)64)27-46(57)67-41/h10,12,21-22,30,32-36,38-41,47,51,58H,8-9,11,13-20,23-29H2,1-7H3,(H,53,54)(H,59,60)(H,61,62)(H,63,64). The van der Waals surface area contributed by atoms with E-state index in [1.807, 2.05) is 58.9 Å². The minimum Gasteiger partial charge on any atom is -0.481 e. The number of unbranched alkanes of at least 4 members (excludes halogenated alkanes) is 2. The molecule has 0 aromatic heterocycles. The van der Waals surface area contributed by atoms with Crippen LogP contribution in [0.3, 0.4) is 0 Å². The zero-order valence-electron chi connectivity index (χ0n) is 40.6. The number of allylic oxidation sites excluding steroid dienone is 4. The van der Waals surface area contributed by atoms with E-state index in [1.54, 1.807) is 6.92 Å². The van der Waals surface area contributed by atoms with Crippen molar-refractivity contribution in [1.29, 1.82) is 0 Å². The molecule has 0 bridgehead atoms. The molecule has 11 atom stereocenters. The molecule has 1 aliphatic heterocycles. The summed E-state index contributed by atoms with van der Waals surface area (Å²) in [6.07, 6.45) is 9.25. The van der Waals surface area contributed by atoms with Gasteiger partial charge in [0.15, 0.2) is 0 Å². The van der Waals surface area contributed by atoms with E-state index in [9.17, 15) is 63.9 Å². The molecule has 0 saturated heterocycles. The van der Waals surface area contributed by atoms with Gasteiger partial charge in [-0.2, -0.15) is 0 Å². The van der Waals surface area contributed by atoms with Crippen LogP contribution in [-0.2, 0) is 52.6 Å². The van der Waals surface area contributed by atoms with Gasteiger partial charge in [-0.25, -0.2) is 0 Å². The first-order valence-electron chi connectivity index (χ1n) is 23.7. The van der Waals surface area contributed by atoms with Crippen molar-refractivity contribution in [1.82, 2.24) is 0 Å². The van der Waals surface area contributed by atoms with Crippen LogP contribution in [0.15, 0.2) is 35.5 Å². The summed E-state index contributed by atoms with van der Waals surface area (Å²) >= 11 is 0. The molecule has 0 saturated carbocycles. The Morgan fingerprint density at radius 2 is 1.52 bits per heavy atom. The highest BCUT2D eigenvalue weighted by Gasteiger charge is 2.30. The number of aliphatic hydroxyl groups is 2. The first kappa shape index (κ1) is 60.1. The van der Waals surface area contributed by atoms with Gasteiger partial charge in [0.1, 0.15) is 18.5 Å². The molecule has 17 heteroatoms. The van der Waals surface area contributed by atoms with Crippen molar-refractivity contribution in [3.63, 3.8) is 0 Å². The first-order chi connectivity index (χ1) is 31.4. The number of ketones is 1. The van der Waals surface area contributed by atoms with Crippen LogP contribution in [0, 0.1) is 47.3 Å². The number of carboxylic acids is 4. The second-order valence-electron chi connectivity index (χ2n) is 18.9. The van der Waals surface area contributed by atoms with E-state index in [0.29, 0.717) is 50.5 Å². The Labute approximate surface area is 395 Å². The highest BCUT2D eigenvalue weighted by Crippen LogP contribution is 2.27. The van der Waals surface area contributed by atoms with Crippen LogP contribution < -0.4 is 0 Å². The third-order valence-corrected chi connectivity index (χ3v) is 12.3. The fourth-order valence-electron chi connectivity index (χ4n) is 8.17. The van der Waals surface area contributed by atoms with Gasteiger partial charge in [0.05, 0.1) is 62.3 Å². The van der Waals surface area contributed by atoms with Crippen molar-refractivity contribution < 1.29 is 83.2 Å². The summed E-state index contributed by atoms with van der Waals surface area (Å²) in [6.45, 7) is 12.2. The average Bonchev–Trinajstić information content (AvgIpc) is 3.23. The molecular formula is C50H78O17. The molecule has 1 rings (SSSR count). The normalized spacial score (nSPS) is 24.1. The van der Waals surface area contributed by atoms with E-state index in [-0.39, 0.29) is 55.3 Å². The SMILES string of the molecule is CC1=CC(C)C(O)C(C)CCC(CCCCC=CC(C)CCC(C)OC(=O)CC(CC(=O)O)C(=O)O)OC(=O)CC(C(=O)O)CC(=O)OCC(CCC(=O)C(CO)CC(C)C(=O)O)=CC(C)C1. The second kappa shape index (κ2) is 32.0. The van der Waals surface area contributed by atoms with Crippen LogP contribution in [0.25, 0.3) is 0 Å². The highest BCUT2D eigenvalue weighted by molar-refractivity contribution is 5.84. The Morgan fingerprint density at radius 3 is 2.13 bits per heavy atom. The number of Topliss-reactive ketones (excluding diaryl/α,β-unsaturated/α-hetero) is 1. The minimum atomic E-state index is -1.43. The molecule has 0 spiro atoms. The van der Waals surface area contributed by atoms with Crippen LogP contribution >= 0.6 is 0 Å². The van der Waals surface area contributed by atoms with Gasteiger partial charge in [-0.05, 0) is 108 Å². The molecule has 6 N–H and O–H groups in total. The van der Waals surface area contributed by atoms with Crippen molar-refractivity contribution >= 4 is 47.6 Å². The predicted octanol–water partition coefficient (Wildman–Crippen LogP) is 7.35. The lowest BCUT2D eigenvalue weighted by Gasteiger charge is -2.26. The maximum Gasteiger partial charge on any atom is 0.307 e. The van der Waals surface area contributed by atoms with Crippen molar-refractivity contribution in [3.05, 3.63) is 35.5 Å². The second-order valence-corrected chi connectivity index (χ2v) is 18.9. The Balaban J connectivity index is 3.02. The van der Waals surface area contributed by atoms with Gasteiger partial charge < -0.3 is 44.8 Å². The minimum absolute atomic E-state index is 0.0325. The van der Waals surface area contributed by atoms with Crippen LogP contribution in [-0.4, -0.2) is 110 Å². The molecule has 17 nitrogen and oxygen atoms in total. The van der Waals surface area contributed by atoms with Crippen molar-refractivity contribution in [2.45, 2.75) is 170 Å². The van der Waals surface area contributed by atoms with Gasteiger partial charge in [0.25, 0.3) is 0 Å². The van der Waals surface area contributed by atoms with Gasteiger partial charge in [-0.3, -0.25) is 38.4 Å². The fraction of sp³-hybridized carbons (Fsp3) is 0.720. The number of aliphatic hydroxyl groups excluding tert-OH is 2. The number of ether oxygens (including phenoxy) is 3. The molecule has 0 fully saturated rings. The first-order valence-corrected chi connectivity index (χ1v) is 23.7. The largest absolute Gasteiger partial charge is 0.481 e. The number of carbonyl (C=O) groups is 8. The molecule has 0 aliphatic carbocycles. The monoisotopic (exact) mass is 951 g/mol. The Bertz CT molecular complexity index is 1710. The van der Waals surface area contributed by atoms with Gasteiger partial charge >= 0.3 is 41.8 Å². The summed E-state index contributed by atoms with van der Waals surface area (Å²) in [6, 6.07) is 0. The molecule has 67 heavy (non-hydrogen) atoms. The third-order valence-electron chi connectivity index (χ3n) is 12.3. The topological polar surface area (TPSA) is 286 Å². The molecule has 1 aliphatic rings. The zero-order chi connectivity index (χ0) is 50.8. The maximum atomic E-state index is 13.3. The quantitative estimate of drug-likeness (QED) is 0.0239. The summed E-state index contributed by atoms with van der Waals surface area (Å²) in [5, 5.41) is 58.5. The lowest BCUT2D eigenvalue weighted by molar-refractivity contribution is -0.158. The number of carboxylic acid groups (broad SMARTS) is 4. The summed E-state index contributed by atoms with van der Waals surface area (Å²) < 4.78 is 16.7. The fourth-order valence-corrected chi connectivity index (χ4v) is 8.17. The Hall–Kier alpha value is -4.90. The van der Waals surface area contributed by atoms with Gasteiger partial charge in [0.2, 0.25) is 0 Å². The molecule has 380 valence electrons. The molecule has 0 aromatic rings. The van der Waals surface area contributed by atoms with Gasteiger partial charge in [0, 0.05) is 18.3 Å². The van der Waals surface area contributed by atoms with Gasteiger partial charge in [-0.15, -0.1) is 0 Å². The molecule has 1 heterocycles. The van der Waals surface area contributed by atoms with Crippen molar-refractivity contribution in [2.75, 3.05) is 13.2 Å². The lowest BCUT2D eigenvalue weighted by atomic mass is 9.86. The average molecular weight is 951 g/mol. The summed E-state index contributed by atoms with van der Waals surface area (Å²) in [7, 11) is 0. The van der Waals surface area contributed by atoms with E-state index < -0.39 is 116 Å². The number of carbonyl (C=O) groups excluding carboxylic acids is 4. The van der Waals surface area contributed by atoms with E-state index in [2.05, 4.69) is 0 Å². The molecule has 0 radical (unpaired) electrons. The van der Waals surface area contributed by atoms with E-state index in [1.165, 1.54) is 6.92 Å². The molecule has 0 amide bonds. The summed E-state index contributed by atoms with van der Waals surface area (Å²) in [5.74, 6) is -12.7. The summed E-state index contributed by atoms with van der Waals surface area (Å²) in [4.78, 5) is 97.4. The van der Waals surface area contributed by atoms with Crippen molar-refractivity contribution in [3.8, 4) is 0 Å². The zero-order valence-corrected chi connectivity index (χ0v) is 40.6. The number of esters is 3. The summed E-state index contributed by atoms with van der Waals surface area (Å²) in [5.41, 5.74) is 1.59. The van der Waals surface area contributed by atoms with Crippen LogP contribution in [0.4, 0.5) is 0 Å². The third kappa shape index (κ3) is 26.3. The number of hydrogen-bond donors (Lipinski definition) is 6. The van der Waals surface area contributed by atoms with Crippen LogP contribution in [0.5, 0.6) is 0 Å². The van der Waals surface area contributed by atoms with E-state index in [0.717, 1.165) is 18.4 Å². The van der Waals surface area contributed by atoms with Crippen molar-refractivity contribution in [2.24, 2.45) is 47.3 Å². The smallest absolute Gasteiger partial charge is 0.307 e. The Kier molecular flexibility index (Phi) is 28.7. The van der Waals surface area contributed by atoms with E-state index in [4.69, 9.17) is 19.3 Å². The lowest BCUT2D eigenvalue weighted by Crippen LogP contribution is -2.28. The number of hydrogen-bond acceptors (Lipinski definition) is 13. The van der Waals surface area contributed by atoms with E-state index >= 15 is 0 Å². The predicted molar refractivity (Wildman–Crippen MR) is 246 cm³/mol. The molecular weight excluding hydrogens is 873 g/mol.